The summed E-state index contributed by atoms with van der Waals surface area (Å²) in [6.45, 7) is 11.7. The third-order valence-corrected chi connectivity index (χ3v) is 5.44. The van der Waals surface area contributed by atoms with E-state index in [4.69, 9.17) is 4.52 Å². The van der Waals surface area contributed by atoms with E-state index in [1.54, 1.807) is 13.8 Å². The normalized spacial score (nSPS) is 12.3. The van der Waals surface area contributed by atoms with Crippen LogP contribution in [0.25, 0.3) is 0 Å². The molecule has 0 aliphatic rings. The van der Waals surface area contributed by atoms with Gasteiger partial charge in [0.25, 0.3) is 0 Å². The van der Waals surface area contributed by atoms with Gasteiger partial charge in [-0.25, -0.2) is 13.1 Å². The summed E-state index contributed by atoms with van der Waals surface area (Å²) in [6.07, 6.45) is 0. The molecule has 0 bridgehead atoms. The molecule has 0 fully saturated rings. The second-order valence-corrected chi connectivity index (χ2v) is 7.54. The fourth-order valence-electron chi connectivity index (χ4n) is 2.92. The Bertz CT molecular complexity index is 766. The van der Waals surface area contributed by atoms with E-state index in [1.807, 2.05) is 19.9 Å². The van der Waals surface area contributed by atoms with Gasteiger partial charge in [-0.1, -0.05) is 5.16 Å². The summed E-state index contributed by atoms with van der Waals surface area (Å²) < 4.78 is 34.6. The molecule has 22 heavy (non-hydrogen) atoms. The molecule has 2 heterocycles. The molecule has 2 aromatic rings. The zero-order valence-corrected chi connectivity index (χ0v) is 14.7. The molecule has 0 amide bonds. The number of hydrogen-bond acceptors (Lipinski definition) is 4. The molecule has 2 rings (SSSR count). The van der Waals surface area contributed by atoms with Crippen LogP contribution in [-0.2, 0) is 16.6 Å². The van der Waals surface area contributed by atoms with Crippen LogP contribution in [-0.4, -0.2) is 18.1 Å². The van der Waals surface area contributed by atoms with Crippen molar-refractivity contribution in [2.75, 3.05) is 0 Å². The average Bonchev–Trinajstić information content (AvgIpc) is 2.87. The van der Waals surface area contributed by atoms with Crippen LogP contribution in [0.5, 0.6) is 0 Å². The fourth-order valence-corrected chi connectivity index (χ4v) is 4.25. The van der Waals surface area contributed by atoms with E-state index in [1.165, 1.54) is 0 Å². The number of aromatic nitrogens is 2. The largest absolute Gasteiger partial charge is 0.360 e. The highest BCUT2D eigenvalue weighted by Gasteiger charge is 2.24. The van der Waals surface area contributed by atoms with Crippen molar-refractivity contribution >= 4 is 10.0 Å². The highest BCUT2D eigenvalue weighted by atomic mass is 32.2. The maximum Gasteiger partial charge on any atom is 0.246 e. The maximum absolute atomic E-state index is 12.4. The molecule has 0 aliphatic heterocycles. The highest BCUT2D eigenvalue weighted by Crippen LogP contribution is 2.22. The summed E-state index contributed by atoms with van der Waals surface area (Å²) >= 11 is 0. The zero-order chi connectivity index (χ0) is 16.7. The molecule has 2 aromatic heterocycles. The summed E-state index contributed by atoms with van der Waals surface area (Å²) in [5.74, 6) is 0.303. The Labute approximate surface area is 131 Å². The smallest absolute Gasteiger partial charge is 0.246 e. The molecular weight excluding hydrogens is 302 g/mol. The average molecular weight is 325 g/mol. The molecule has 0 atom stereocenters. The molecule has 1 N–H and O–H groups in total. The summed E-state index contributed by atoms with van der Waals surface area (Å²) in [7, 11) is -3.63. The van der Waals surface area contributed by atoms with Gasteiger partial charge in [-0.05, 0) is 53.2 Å². The number of hydrogen-bond donors (Lipinski definition) is 1. The van der Waals surface area contributed by atoms with Crippen molar-refractivity contribution in [2.45, 2.75) is 59.0 Å². The minimum atomic E-state index is -3.63. The van der Waals surface area contributed by atoms with Gasteiger partial charge in [0, 0.05) is 24.0 Å². The molecule has 6 nitrogen and oxygen atoms in total. The molecular formula is C15H23N3O3S. The van der Waals surface area contributed by atoms with Gasteiger partial charge in [0.05, 0.1) is 0 Å². The van der Waals surface area contributed by atoms with E-state index in [0.717, 1.165) is 17.0 Å². The monoisotopic (exact) mass is 325 g/mol. The number of nitrogens with one attached hydrogen (secondary N) is 1. The van der Waals surface area contributed by atoms with Crippen LogP contribution in [0.3, 0.4) is 0 Å². The van der Waals surface area contributed by atoms with E-state index in [0.29, 0.717) is 17.5 Å². The topological polar surface area (TPSA) is 77.1 Å². The lowest BCUT2D eigenvalue weighted by molar-refractivity contribution is 0.390. The predicted molar refractivity (Wildman–Crippen MR) is 84.3 cm³/mol. The molecule has 7 heteroatoms. The van der Waals surface area contributed by atoms with Crippen LogP contribution in [0, 0.1) is 27.7 Å². The van der Waals surface area contributed by atoms with Crippen LogP contribution in [0.4, 0.5) is 0 Å². The summed E-state index contributed by atoms with van der Waals surface area (Å²) in [5, 5.41) is 3.70. The lowest BCUT2D eigenvalue weighted by atomic mass is 10.2. The standard InChI is InChI=1S/C15H23N3O3S/c1-9(2)18-10(3)7-14(12(18)5)8-16-22(19,20)15-11(4)17-21-13(15)6/h7,9,16H,8H2,1-6H3. The highest BCUT2D eigenvalue weighted by molar-refractivity contribution is 7.89. The first kappa shape index (κ1) is 16.8. The van der Waals surface area contributed by atoms with E-state index in [9.17, 15) is 8.42 Å². The Morgan fingerprint density at radius 1 is 1.27 bits per heavy atom. The van der Waals surface area contributed by atoms with Crippen LogP contribution in [0.1, 0.15) is 48.3 Å². The molecule has 0 saturated carbocycles. The van der Waals surface area contributed by atoms with E-state index >= 15 is 0 Å². The van der Waals surface area contributed by atoms with Crippen molar-refractivity contribution in [1.82, 2.24) is 14.4 Å². The minimum Gasteiger partial charge on any atom is -0.360 e. The Kier molecular flexibility index (Phi) is 4.49. The first-order valence-corrected chi connectivity index (χ1v) is 8.73. The predicted octanol–water partition coefficient (Wildman–Crippen LogP) is 2.77. The molecule has 122 valence electrons. The molecule has 0 aromatic carbocycles. The van der Waals surface area contributed by atoms with Gasteiger partial charge in [-0.3, -0.25) is 0 Å². The summed E-state index contributed by atoms with van der Waals surface area (Å²) in [6, 6.07) is 2.36. The van der Waals surface area contributed by atoms with Crippen LogP contribution in [0.2, 0.25) is 0 Å². The Morgan fingerprint density at radius 3 is 2.36 bits per heavy atom. The first-order valence-electron chi connectivity index (χ1n) is 7.25. The third-order valence-electron chi connectivity index (χ3n) is 3.79. The van der Waals surface area contributed by atoms with Crippen molar-refractivity contribution in [3.05, 3.63) is 34.5 Å². The van der Waals surface area contributed by atoms with Gasteiger partial charge < -0.3 is 9.09 Å². The lowest BCUT2D eigenvalue weighted by Crippen LogP contribution is -2.24. The van der Waals surface area contributed by atoms with Crippen LogP contribution >= 0.6 is 0 Å². The number of aryl methyl sites for hydroxylation is 3. The third kappa shape index (κ3) is 2.96. The molecule has 0 aliphatic carbocycles. The Hall–Kier alpha value is -1.60. The van der Waals surface area contributed by atoms with Gasteiger partial charge in [0.1, 0.15) is 10.6 Å². The fraction of sp³-hybridized carbons (Fsp3) is 0.533. The molecule has 0 radical (unpaired) electrons. The quantitative estimate of drug-likeness (QED) is 0.917. The van der Waals surface area contributed by atoms with Gasteiger partial charge in [0.15, 0.2) is 5.76 Å². The number of nitrogens with zero attached hydrogens (tertiary/aromatic N) is 2. The SMILES string of the molecule is Cc1noc(C)c1S(=O)(=O)NCc1cc(C)n(C(C)C)c1C. The van der Waals surface area contributed by atoms with Crippen molar-refractivity contribution < 1.29 is 12.9 Å². The molecule has 0 saturated heterocycles. The van der Waals surface area contributed by atoms with Gasteiger partial charge in [0.2, 0.25) is 10.0 Å². The van der Waals surface area contributed by atoms with Crippen molar-refractivity contribution in [3.8, 4) is 0 Å². The minimum absolute atomic E-state index is 0.130. The van der Waals surface area contributed by atoms with Gasteiger partial charge in [-0.2, -0.15) is 0 Å². The maximum atomic E-state index is 12.4. The Balaban J connectivity index is 2.26. The van der Waals surface area contributed by atoms with Crippen LogP contribution in [0.15, 0.2) is 15.5 Å². The van der Waals surface area contributed by atoms with Crippen molar-refractivity contribution in [1.29, 1.82) is 0 Å². The Morgan fingerprint density at radius 2 is 1.91 bits per heavy atom. The van der Waals surface area contributed by atoms with E-state index < -0.39 is 10.0 Å². The summed E-state index contributed by atoms with van der Waals surface area (Å²) in [5.41, 5.74) is 3.55. The molecule has 0 unspecified atom stereocenters. The number of rotatable bonds is 5. The second kappa shape index (κ2) is 5.89. The van der Waals surface area contributed by atoms with E-state index in [2.05, 4.69) is 28.3 Å². The second-order valence-electron chi connectivity index (χ2n) is 5.84. The first-order chi connectivity index (χ1) is 10.1. The van der Waals surface area contributed by atoms with Crippen LogP contribution < -0.4 is 4.72 Å². The van der Waals surface area contributed by atoms with E-state index in [-0.39, 0.29) is 11.4 Å². The van der Waals surface area contributed by atoms with Gasteiger partial charge in [-0.15, -0.1) is 0 Å². The lowest BCUT2D eigenvalue weighted by Gasteiger charge is -2.14. The van der Waals surface area contributed by atoms with Crippen molar-refractivity contribution in [3.63, 3.8) is 0 Å². The summed E-state index contributed by atoms with van der Waals surface area (Å²) in [4.78, 5) is 0.130. The van der Waals surface area contributed by atoms with Gasteiger partial charge >= 0.3 is 0 Å². The van der Waals surface area contributed by atoms with Crippen molar-refractivity contribution in [2.24, 2.45) is 0 Å². The zero-order valence-electron chi connectivity index (χ0n) is 13.9. The number of sulfonamides is 1. The molecule has 0 spiro atoms.